The molecule has 5 heteroatoms. The van der Waals surface area contributed by atoms with E-state index in [1.807, 2.05) is 55.1 Å². The summed E-state index contributed by atoms with van der Waals surface area (Å²) in [7, 11) is 0. The lowest BCUT2D eigenvalue weighted by molar-refractivity contribution is -0.0712. The normalized spacial score (nSPS) is 19.4. The van der Waals surface area contributed by atoms with Gasteiger partial charge in [-0.2, -0.15) is 0 Å². The minimum absolute atomic E-state index is 0.163. The highest BCUT2D eigenvalue weighted by molar-refractivity contribution is 5.56. The molecule has 33 heavy (non-hydrogen) atoms. The first kappa shape index (κ1) is 21.5. The van der Waals surface area contributed by atoms with Crippen LogP contribution < -0.4 is 0 Å². The predicted octanol–water partition coefficient (Wildman–Crippen LogP) is 5.79. The van der Waals surface area contributed by atoms with Gasteiger partial charge in [0.2, 0.25) is 0 Å². The number of pyridine rings is 2. The molecule has 5 nitrogen and oxygen atoms in total. The van der Waals surface area contributed by atoms with Crippen LogP contribution in [0.25, 0.3) is 11.3 Å². The molecule has 1 aliphatic carbocycles. The van der Waals surface area contributed by atoms with Crippen LogP contribution in [0.15, 0.2) is 90.0 Å². The second-order valence-corrected chi connectivity index (χ2v) is 9.65. The van der Waals surface area contributed by atoms with Crippen LogP contribution in [0.2, 0.25) is 0 Å². The SMILES string of the molecule is CC1(C)[C@H](Cc2cc(-c3ccccc3)on2)C[C@@H]1N(Cc1cccnc1)Cc1cccnc1. The molecule has 3 heterocycles. The van der Waals surface area contributed by atoms with E-state index in [1.165, 1.54) is 11.1 Å². The molecule has 1 fully saturated rings. The summed E-state index contributed by atoms with van der Waals surface area (Å²) in [5.41, 5.74) is 4.75. The molecule has 0 aliphatic heterocycles. The second kappa shape index (κ2) is 9.28. The third-order valence-corrected chi connectivity index (χ3v) is 7.15. The first-order chi connectivity index (χ1) is 16.1. The number of benzene rings is 1. The van der Waals surface area contributed by atoms with Gasteiger partial charge in [0, 0.05) is 55.5 Å². The summed E-state index contributed by atoms with van der Waals surface area (Å²) in [5, 5.41) is 4.38. The van der Waals surface area contributed by atoms with Crippen molar-refractivity contribution in [3.8, 4) is 11.3 Å². The van der Waals surface area contributed by atoms with E-state index in [4.69, 9.17) is 4.52 Å². The highest BCUT2D eigenvalue weighted by atomic mass is 16.5. The molecule has 3 aromatic heterocycles. The Bertz CT molecular complexity index is 1120. The van der Waals surface area contributed by atoms with E-state index in [-0.39, 0.29) is 5.41 Å². The van der Waals surface area contributed by atoms with Gasteiger partial charge in [-0.05, 0) is 47.4 Å². The quantitative estimate of drug-likeness (QED) is 0.348. The zero-order valence-corrected chi connectivity index (χ0v) is 19.3. The molecule has 0 spiro atoms. The molecule has 0 radical (unpaired) electrons. The lowest BCUT2D eigenvalue weighted by Gasteiger charge is -2.56. The van der Waals surface area contributed by atoms with E-state index >= 15 is 0 Å². The van der Waals surface area contributed by atoms with E-state index < -0.39 is 0 Å². The maximum atomic E-state index is 5.65. The van der Waals surface area contributed by atoms with Gasteiger partial charge in [0.25, 0.3) is 0 Å². The van der Waals surface area contributed by atoms with Crippen LogP contribution >= 0.6 is 0 Å². The van der Waals surface area contributed by atoms with Gasteiger partial charge in [-0.25, -0.2) is 0 Å². The number of hydrogen-bond donors (Lipinski definition) is 0. The Morgan fingerprint density at radius 3 is 2.15 bits per heavy atom. The van der Waals surface area contributed by atoms with Gasteiger partial charge in [-0.1, -0.05) is 61.5 Å². The van der Waals surface area contributed by atoms with Crippen LogP contribution in [0, 0.1) is 11.3 Å². The Labute approximate surface area is 195 Å². The predicted molar refractivity (Wildman–Crippen MR) is 129 cm³/mol. The van der Waals surface area contributed by atoms with Crippen LogP contribution in [0.1, 0.15) is 37.1 Å². The van der Waals surface area contributed by atoms with E-state index in [1.54, 1.807) is 0 Å². The fourth-order valence-electron chi connectivity index (χ4n) is 5.08. The average molecular weight is 439 g/mol. The van der Waals surface area contributed by atoms with Crippen molar-refractivity contribution in [2.45, 2.75) is 45.8 Å². The molecule has 0 bridgehead atoms. The van der Waals surface area contributed by atoms with Crippen molar-refractivity contribution in [1.82, 2.24) is 20.0 Å². The van der Waals surface area contributed by atoms with Crippen LogP contribution in [0.3, 0.4) is 0 Å². The summed E-state index contributed by atoms with van der Waals surface area (Å²) in [5.74, 6) is 1.40. The molecule has 0 saturated heterocycles. The zero-order valence-electron chi connectivity index (χ0n) is 19.3. The topological polar surface area (TPSA) is 55.1 Å². The molecule has 0 unspecified atom stereocenters. The molecule has 168 valence electrons. The Hall–Kier alpha value is -3.31. The number of aromatic nitrogens is 3. The van der Waals surface area contributed by atoms with Gasteiger partial charge in [-0.15, -0.1) is 0 Å². The standard InChI is InChI=1S/C28H30N4O/c1-28(2)24(14-25-16-26(33-31-25)23-10-4-3-5-11-23)15-27(28)32(19-21-8-6-12-29-17-21)20-22-9-7-13-30-18-22/h3-13,16-18,24,27H,14-15,19-20H2,1-2H3/t24-,27+/m1/s1. The highest BCUT2D eigenvalue weighted by Crippen LogP contribution is 2.51. The van der Waals surface area contributed by atoms with Crippen molar-refractivity contribution in [2.24, 2.45) is 11.3 Å². The summed E-state index contributed by atoms with van der Waals surface area (Å²) in [6.45, 7) is 6.55. The molecule has 4 aromatic rings. The van der Waals surface area contributed by atoms with Crippen molar-refractivity contribution >= 4 is 0 Å². The van der Waals surface area contributed by atoms with Gasteiger partial charge in [0.1, 0.15) is 0 Å². The van der Waals surface area contributed by atoms with Crippen LogP contribution in [-0.2, 0) is 19.5 Å². The summed E-state index contributed by atoms with van der Waals surface area (Å²) in [6, 6.07) is 21.1. The maximum absolute atomic E-state index is 5.65. The van der Waals surface area contributed by atoms with Crippen LogP contribution in [-0.4, -0.2) is 26.1 Å². The number of hydrogen-bond acceptors (Lipinski definition) is 5. The van der Waals surface area contributed by atoms with Crippen molar-refractivity contribution in [3.05, 3.63) is 102 Å². The van der Waals surface area contributed by atoms with Crippen molar-refractivity contribution in [2.75, 3.05) is 0 Å². The molecule has 5 rings (SSSR count). The first-order valence-electron chi connectivity index (χ1n) is 11.6. The Morgan fingerprint density at radius 2 is 1.58 bits per heavy atom. The van der Waals surface area contributed by atoms with Crippen molar-refractivity contribution in [1.29, 1.82) is 0 Å². The van der Waals surface area contributed by atoms with Crippen molar-refractivity contribution < 1.29 is 4.52 Å². The molecule has 1 saturated carbocycles. The average Bonchev–Trinajstić information content (AvgIpc) is 3.32. The Kier molecular flexibility index (Phi) is 6.05. The minimum Gasteiger partial charge on any atom is -0.356 e. The summed E-state index contributed by atoms with van der Waals surface area (Å²) in [6.07, 6.45) is 9.69. The monoisotopic (exact) mass is 438 g/mol. The van der Waals surface area contributed by atoms with E-state index in [0.717, 1.165) is 42.9 Å². The fourth-order valence-corrected chi connectivity index (χ4v) is 5.08. The third-order valence-electron chi connectivity index (χ3n) is 7.15. The van der Waals surface area contributed by atoms with Crippen LogP contribution in [0.5, 0.6) is 0 Å². The van der Waals surface area contributed by atoms with E-state index in [9.17, 15) is 0 Å². The van der Waals surface area contributed by atoms with E-state index in [0.29, 0.717) is 12.0 Å². The number of nitrogens with zero attached hydrogens (tertiary/aromatic N) is 4. The smallest absolute Gasteiger partial charge is 0.167 e. The van der Waals surface area contributed by atoms with Gasteiger partial charge < -0.3 is 4.52 Å². The van der Waals surface area contributed by atoms with Gasteiger partial charge in [0.15, 0.2) is 5.76 Å². The molecule has 2 atom stereocenters. The largest absolute Gasteiger partial charge is 0.356 e. The van der Waals surface area contributed by atoms with Crippen molar-refractivity contribution in [3.63, 3.8) is 0 Å². The lowest BCUT2D eigenvalue weighted by Crippen LogP contribution is -2.58. The molecule has 1 aliphatic rings. The third kappa shape index (κ3) is 4.74. The van der Waals surface area contributed by atoms with Gasteiger partial charge in [0.05, 0.1) is 5.69 Å². The highest BCUT2D eigenvalue weighted by Gasteiger charge is 2.50. The fraction of sp³-hybridized carbons (Fsp3) is 0.321. The Morgan fingerprint density at radius 1 is 0.909 bits per heavy atom. The summed E-state index contributed by atoms with van der Waals surface area (Å²) in [4.78, 5) is 11.2. The molecular weight excluding hydrogens is 408 g/mol. The summed E-state index contributed by atoms with van der Waals surface area (Å²) >= 11 is 0. The Balaban J connectivity index is 1.30. The summed E-state index contributed by atoms with van der Waals surface area (Å²) < 4.78 is 5.65. The molecular formula is C28H30N4O. The van der Waals surface area contributed by atoms with Crippen LogP contribution in [0.4, 0.5) is 0 Å². The van der Waals surface area contributed by atoms with E-state index in [2.05, 4.69) is 64.2 Å². The lowest BCUT2D eigenvalue weighted by atomic mass is 9.56. The molecule has 1 aromatic carbocycles. The molecule has 0 amide bonds. The minimum atomic E-state index is 0.163. The first-order valence-corrected chi connectivity index (χ1v) is 11.6. The number of rotatable bonds is 8. The maximum Gasteiger partial charge on any atom is 0.167 e. The zero-order chi connectivity index (χ0) is 22.7. The molecule has 0 N–H and O–H groups in total. The van der Waals surface area contributed by atoms with Gasteiger partial charge >= 0.3 is 0 Å². The van der Waals surface area contributed by atoms with Gasteiger partial charge in [-0.3, -0.25) is 14.9 Å². The second-order valence-electron chi connectivity index (χ2n) is 9.65.